The SMILES string of the molecule is CCN(CC)c1ccc(NC(=O)c2ccc(C(C)=O)[nH]2)c(C)c1. The van der Waals surface area contributed by atoms with Crippen LogP contribution in [0.2, 0.25) is 0 Å². The molecule has 2 rings (SSSR count). The third kappa shape index (κ3) is 3.80. The maximum Gasteiger partial charge on any atom is 0.272 e. The van der Waals surface area contributed by atoms with Gasteiger partial charge < -0.3 is 15.2 Å². The lowest BCUT2D eigenvalue weighted by atomic mass is 10.1. The number of ketones is 1. The van der Waals surface area contributed by atoms with E-state index in [4.69, 9.17) is 0 Å². The molecule has 0 saturated heterocycles. The highest BCUT2D eigenvalue weighted by Crippen LogP contribution is 2.23. The molecule has 0 radical (unpaired) electrons. The van der Waals surface area contributed by atoms with Crippen molar-refractivity contribution in [3.05, 3.63) is 47.3 Å². The van der Waals surface area contributed by atoms with Crippen LogP contribution in [0.3, 0.4) is 0 Å². The zero-order valence-electron chi connectivity index (χ0n) is 14.1. The van der Waals surface area contributed by atoms with E-state index < -0.39 is 0 Å². The molecule has 0 spiro atoms. The van der Waals surface area contributed by atoms with E-state index in [9.17, 15) is 9.59 Å². The number of nitrogens with one attached hydrogen (secondary N) is 2. The van der Waals surface area contributed by atoms with E-state index in [0.717, 1.165) is 30.0 Å². The van der Waals surface area contributed by atoms with Crippen LogP contribution in [0, 0.1) is 6.92 Å². The number of hydrogen-bond acceptors (Lipinski definition) is 3. The van der Waals surface area contributed by atoms with Crippen molar-refractivity contribution in [3.63, 3.8) is 0 Å². The largest absolute Gasteiger partial charge is 0.372 e. The van der Waals surface area contributed by atoms with E-state index in [1.54, 1.807) is 12.1 Å². The Morgan fingerprint density at radius 1 is 1.09 bits per heavy atom. The van der Waals surface area contributed by atoms with Crippen molar-refractivity contribution >= 4 is 23.1 Å². The van der Waals surface area contributed by atoms with Crippen LogP contribution in [0.1, 0.15) is 47.3 Å². The Kier molecular flexibility index (Phi) is 5.21. The standard InChI is InChI=1S/C18H23N3O2/c1-5-21(6-2)14-7-8-15(12(3)11-14)20-18(23)17-10-9-16(19-17)13(4)22/h7-11,19H,5-6H2,1-4H3,(H,20,23). The number of Topliss-reactive ketones (excluding diaryl/α,β-unsaturated/α-hetero) is 1. The van der Waals surface area contributed by atoms with E-state index in [1.165, 1.54) is 6.92 Å². The molecule has 0 fully saturated rings. The summed E-state index contributed by atoms with van der Waals surface area (Å²) < 4.78 is 0. The monoisotopic (exact) mass is 313 g/mol. The quantitative estimate of drug-likeness (QED) is 0.800. The van der Waals surface area contributed by atoms with E-state index in [1.807, 2.05) is 19.1 Å². The van der Waals surface area contributed by atoms with Crippen molar-refractivity contribution in [1.29, 1.82) is 0 Å². The molecule has 5 nitrogen and oxygen atoms in total. The first kappa shape index (κ1) is 16.8. The zero-order valence-corrected chi connectivity index (χ0v) is 14.1. The van der Waals surface area contributed by atoms with Gasteiger partial charge in [-0.2, -0.15) is 0 Å². The second kappa shape index (κ2) is 7.13. The van der Waals surface area contributed by atoms with Crippen LogP contribution in [-0.4, -0.2) is 29.8 Å². The summed E-state index contributed by atoms with van der Waals surface area (Å²) in [6, 6.07) is 9.22. The summed E-state index contributed by atoms with van der Waals surface area (Å²) in [5, 5.41) is 2.88. The van der Waals surface area contributed by atoms with Gasteiger partial charge in [-0.05, 0) is 56.7 Å². The molecule has 23 heavy (non-hydrogen) atoms. The summed E-state index contributed by atoms with van der Waals surface area (Å²) in [5.74, 6) is -0.347. The van der Waals surface area contributed by atoms with Crippen molar-refractivity contribution in [2.75, 3.05) is 23.3 Å². The van der Waals surface area contributed by atoms with Gasteiger partial charge in [-0.1, -0.05) is 0 Å². The summed E-state index contributed by atoms with van der Waals surface area (Å²) in [4.78, 5) is 28.6. The normalized spacial score (nSPS) is 10.4. The van der Waals surface area contributed by atoms with Crippen molar-refractivity contribution in [2.24, 2.45) is 0 Å². The Labute approximate surface area is 136 Å². The number of benzene rings is 1. The van der Waals surface area contributed by atoms with Crippen molar-refractivity contribution in [3.8, 4) is 0 Å². The number of carbonyl (C=O) groups excluding carboxylic acids is 2. The van der Waals surface area contributed by atoms with E-state index in [2.05, 4.69) is 35.1 Å². The number of H-pyrrole nitrogens is 1. The van der Waals surface area contributed by atoms with Gasteiger partial charge in [0, 0.05) is 31.4 Å². The van der Waals surface area contributed by atoms with Crippen LogP contribution >= 0.6 is 0 Å². The summed E-state index contributed by atoms with van der Waals surface area (Å²) in [5.41, 5.74) is 3.72. The van der Waals surface area contributed by atoms with Gasteiger partial charge in [0.2, 0.25) is 0 Å². The lowest BCUT2D eigenvalue weighted by Gasteiger charge is -2.22. The van der Waals surface area contributed by atoms with Crippen molar-refractivity contribution in [1.82, 2.24) is 4.98 Å². The minimum atomic E-state index is -0.254. The molecule has 0 aliphatic heterocycles. The fourth-order valence-corrected chi connectivity index (χ4v) is 2.50. The van der Waals surface area contributed by atoms with Crippen LogP contribution in [-0.2, 0) is 0 Å². The summed E-state index contributed by atoms with van der Waals surface area (Å²) in [6.07, 6.45) is 0. The lowest BCUT2D eigenvalue weighted by Crippen LogP contribution is -2.22. The molecule has 2 N–H and O–H groups in total. The number of anilines is 2. The van der Waals surface area contributed by atoms with Crippen LogP contribution in [0.4, 0.5) is 11.4 Å². The van der Waals surface area contributed by atoms with Gasteiger partial charge >= 0.3 is 0 Å². The molecule has 0 saturated carbocycles. The van der Waals surface area contributed by atoms with Gasteiger partial charge in [0.05, 0.1) is 5.69 Å². The first-order valence-corrected chi connectivity index (χ1v) is 7.83. The maximum atomic E-state index is 12.3. The summed E-state index contributed by atoms with van der Waals surface area (Å²) in [7, 11) is 0. The Balaban J connectivity index is 2.16. The third-order valence-corrected chi connectivity index (χ3v) is 3.90. The molecule has 1 amide bonds. The Morgan fingerprint density at radius 3 is 2.26 bits per heavy atom. The zero-order chi connectivity index (χ0) is 17.0. The van der Waals surface area contributed by atoms with Gasteiger partial charge in [-0.3, -0.25) is 9.59 Å². The van der Waals surface area contributed by atoms with Crippen LogP contribution in [0.5, 0.6) is 0 Å². The number of hydrogen-bond donors (Lipinski definition) is 2. The van der Waals surface area contributed by atoms with Crippen LogP contribution < -0.4 is 10.2 Å². The third-order valence-electron chi connectivity index (χ3n) is 3.90. The van der Waals surface area contributed by atoms with Crippen LogP contribution in [0.15, 0.2) is 30.3 Å². The molecule has 1 heterocycles. The molecule has 122 valence electrons. The fraction of sp³-hybridized carbons (Fsp3) is 0.333. The molecule has 0 atom stereocenters. The highest BCUT2D eigenvalue weighted by molar-refractivity contribution is 6.04. The molecule has 0 aliphatic rings. The molecule has 0 bridgehead atoms. The topological polar surface area (TPSA) is 65.2 Å². The van der Waals surface area contributed by atoms with E-state index in [0.29, 0.717) is 11.4 Å². The molecule has 2 aromatic rings. The second-order valence-electron chi connectivity index (χ2n) is 5.47. The van der Waals surface area contributed by atoms with Gasteiger partial charge in [0.1, 0.15) is 5.69 Å². The van der Waals surface area contributed by atoms with Gasteiger partial charge in [0.25, 0.3) is 5.91 Å². The number of aromatic nitrogens is 1. The predicted octanol–water partition coefficient (Wildman–Crippen LogP) is 3.62. The molecule has 0 unspecified atom stereocenters. The highest BCUT2D eigenvalue weighted by atomic mass is 16.2. The predicted molar refractivity (Wildman–Crippen MR) is 93.5 cm³/mol. The van der Waals surface area contributed by atoms with Crippen molar-refractivity contribution in [2.45, 2.75) is 27.7 Å². The average molecular weight is 313 g/mol. The summed E-state index contributed by atoms with van der Waals surface area (Å²) in [6.45, 7) is 9.55. The van der Waals surface area contributed by atoms with Crippen LogP contribution in [0.25, 0.3) is 0 Å². The molecule has 1 aromatic carbocycles. The number of amides is 1. The number of aromatic amines is 1. The smallest absolute Gasteiger partial charge is 0.272 e. The first-order valence-electron chi connectivity index (χ1n) is 7.83. The Morgan fingerprint density at radius 2 is 1.74 bits per heavy atom. The van der Waals surface area contributed by atoms with Gasteiger partial charge in [0.15, 0.2) is 5.78 Å². The number of carbonyl (C=O) groups is 2. The average Bonchev–Trinajstić information content (AvgIpc) is 3.01. The minimum Gasteiger partial charge on any atom is -0.372 e. The van der Waals surface area contributed by atoms with Gasteiger partial charge in [-0.25, -0.2) is 0 Å². The van der Waals surface area contributed by atoms with Crippen molar-refractivity contribution < 1.29 is 9.59 Å². The molecule has 1 aromatic heterocycles. The van der Waals surface area contributed by atoms with Gasteiger partial charge in [-0.15, -0.1) is 0 Å². The molecule has 0 aliphatic carbocycles. The maximum absolute atomic E-state index is 12.3. The van der Waals surface area contributed by atoms with E-state index in [-0.39, 0.29) is 11.7 Å². The lowest BCUT2D eigenvalue weighted by molar-refractivity contribution is 0.101. The first-order chi connectivity index (χ1) is 11.0. The number of rotatable bonds is 6. The molecular formula is C18H23N3O2. The highest BCUT2D eigenvalue weighted by Gasteiger charge is 2.12. The number of aryl methyl sites for hydroxylation is 1. The Hall–Kier alpha value is -2.56. The Bertz CT molecular complexity index is 715. The van der Waals surface area contributed by atoms with E-state index >= 15 is 0 Å². The fourth-order valence-electron chi connectivity index (χ4n) is 2.50. The second-order valence-corrected chi connectivity index (χ2v) is 5.47. The summed E-state index contributed by atoms with van der Waals surface area (Å²) >= 11 is 0. The molecular weight excluding hydrogens is 290 g/mol. The minimum absolute atomic E-state index is 0.0937. The number of nitrogens with zero attached hydrogens (tertiary/aromatic N) is 1. The molecule has 5 heteroatoms.